The molecule has 1 aliphatic heterocycles. The van der Waals surface area contributed by atoms with Gasteiger partial charge >= 0.3 is 0 Å². The van der Waals surface area contributed by atoms with Crippen molar-refractivity contribution in [2.75, 3.05) is 31.1 Å². The van der Waals surface area contributed by atoms with E-state index in [4.69, 9.17) is 0 Å². The molecule has 0 bridgehead atoms. The topological polar surface area (TPSA) is 110 Å². The molecule has 0 aliphatic carbocycles. The van der Waals surface area contributed by atoms with Crippen LogP contribution in [0.2, 0.25) is 0 Å². The average molecular weight is 349 g/mol. The summed E-state index contributed by atoms with van der Waals surface area (Å²) in [6.07, 6.45) is 1.57. The van der Waals surface area contributed by atoms with Crippen molar-refractivity contribution in [2.45, 2.75) is 4.90 Å². The molecule has 2 heterocycles. The van der Waals surface area contributed by atoms with E-state index in [2.05, 4.69) is 10.2 Å². The summed E-state index contributed by atoms with van der Waals surface area (Å²) >= 11 is 0. The normalized spacial score (nSPS) is 16.1. The fraction of sp³-hybridized carbons (Fsp3) is 0.286. The molecular weight excluding hydrogens is 334 g/mol. The lowest BCUT2D eigenvalue weighted by Gasteiger charge is -2.34. The van der Waals surface area contributed by atoms with E-state index in [0.29, 0.717) is 18.9 Å². The highest BCUT2D eigenvalue weighted by molar-refractivity contribution is 7.89. The van der Waals surface area contributed by atoms with Crippen LogP contribution >= 0.6 is 0 Å². The van der Waals surface area contributed by atoms with Crippen molar-refractivity contribution in [3.63, 3.8) is 0 Å². The fourth-order valence-electron chi connectivity index (χ4n) is 2.58. The van der Waals surface area contributed by atoms with Crippen molar-refractivity contribution >= 4 is 21.5 Å². The van der Waals surface area contributed by atoms with E-state index < -0.39 is 20.6 Å². The first-order chi connectivity index (χ1) is 11.5. The number of hydrogen-bond donors (Lipinski definition) is 0. The van der Waals surface area contributed by atoms with Crippen LogP contribution in [0.4, 0.5) is 11.5 Å². The second kappa shape index (κ2) is 6.49. The summed E-state index contributed by atoms with van der Waals surface area (Å²) in [4.78, 5) is 12.1. The van der Waals surface area contributed by atoms with Crippen molar-refractivity contribution in [1.82, 2.24) is 14.5 Å². The zero-order valence-corrected chi connectivity index (χ0v) is 13.5. The van der Waals surface area contributed by atoms with Crippen LogP contribution in [0.5, 0.6) is 0 Å². The van der Waals surface area contributed by atoms with Crippen LogP contribution in [0, 0.1) is 10.1 Å². The molecule has 0 amide bonds. The van der Waals surface area contributed by atoms with Crippen LogP contribution in [0.25, 0.3) is 0 Å². The molecule has 126 valence electrons. The maximum atomic E-state index is 12.7. The lowest BCUT2D eigenvalue weighted by atomic mass is 10.3. The van der Waals surface area contributed by atoms with E-state index in [9.17, 15) is 18.5 Å². The molecule has 0 saturated carbocycles. The Balaban J connectivity index is 1.80. The predicted octanol–water partition coefficient (Wildman–Crippen LogP) is 0.896. The Labute approximate surface area is 138 Å². The second-order valence-corrected chi connectivity index (χ2v) is 7.10. The second-order valence-electron chi connectivity index (χ2n) is 5.20. The summed E-state index contributed by atoms with van der Waals surface area (Å²) < 4.78 is 26.7. The molecule has 0 spiro atoms. The maximum absolute atomic E-state index is 12.7. The van der Waals surface area contributed by atoms with E-state index in [0.717, 1.165) is 0 Å². The zero-order valence-electron chi connectivity index (χ0n) is 12.6. The van der Waals surface area contributed by atoms with E-state index in [1.165, 1.54) is 28.6 Å². The molecule has 3 rings (SSSR count). The number of anilines is 1. The number of rotatable bonds is 4. The quantitative estimate of drug-likeness (QED) is 0.595. The number of nitrogens with zero attached hydrogens (tertiary/aromatic N) is 5. The Morgan fingerprint density at radius 1 is 1.04 bits per heavy atom. The molecule has 1 fully saturated rings. The van der Waals surface area contributed by atoms with Crippen LogP contribution < -0.4 is 4.90 Å². The predicted molar refractivity (Wildman–Crippen MR) is 86.1 cm³/mol. The molecule has 1 aromatic heterocycles. The SMILES string of the molecule is O=[N+]([O-])c1ccccc1S(=O)(=O)N1CCN(c2cccnn2)CC1. The molecular formula is C14H15N5O4S. The summed E-state index contributed by atoms with van der Waals surface area (Å²) in [5.74, 6) is 0.681. The van der Waals surface area contributed by atoms with Gasteiger partial charge in [0.1, 0.15) is 0 Å². The van der Waals surface area contributed by atoms with Gasteiger partial charge in [-0.2, -0.15) is 9.40 Å². The zero-order chi connectivity index (χ0) is 17.2. The van der Waals surface area contributed by atoms with Crippen molar-refractivity contribution in [3.8, 4) is 0 Å². The number of sulfonamides is 1. The molecule has 0 atom stereocenters. The number of aromatic nitrogens is 2. The Bertz CT molecular complexity index is 835. The van der Waals surface area contributed by atoms with Gasteiger partial charge in [-0.05, 0) is 18.2 Å². The average Bonchev–Trinajstić information content (AvgIpc) is 2.62. The van der Waals surface area contributed by atoms with Crippen LogP contribution in [0.3, 0.4) is 0 Å². The van der Waals surface area contributed by atoms with Gasteiger partial charge < -0.3 is 4.90 Å². The van der Waals surface area contributed by atoms with E-state index in [1.807, 2.05) is 4.90 Å². The molecule has 0 N–H and O–H groups in total. The molecule has 2 aromatic rings. The summed E-state index contributed by atoms with van der Waals surface area (Å²) in [5, 5.41) is 18.9. The molecule has 9 nitrogen and oxygen atoms in total. The molecule has 1 aromatic carbocycles. The van der Waals surface area contributed by atoms with Gasteiger partial charge in [0, 0.05) is 38.4 Å². The standard InChI is InChI=1S/C14H15N5O4S/c20-19(21)12-4-1-2-5-13(12)24(22,23)18-10-8-17(9-11-18)14-6-3-7-15-16-14/h1-7H,8-11H2. The van der Waals surface area contributed by atoms with Gasteiger partial charge in [-0.3, -0.25) is 10.1 Å². The maximum Gasteiger partial charge on any atom is 0.289 e. The fourth-order valence-corrected chi connectivity index (χ4v) is 4.16. The lowest BCUT2D eigenvalue weighted by Crippen LogP contribution is -2.49. The van der Waals surface area contributed by atoms with E-state index in [1.54, 1.807) is 18.3 Å². The minimum atomic E-state index is -3.91. The molecule has 24 heavy (non-hydrogen) atoms. The highest BCUT2D eigenvalue weighted by Crippen LogP contribution is 2.27. The van der Waals surface area contributed by atoms with Gasteiger partial charge in [-0.1, -0.05) is 12.1 Å². The molecule has 1 saturated heterocycles. The minimum Gasteiger partial charge on any atom is -0.352 e. The molecule has 1 aliphatic rings. The van der Waals surface area contributed by atoms with Crippen LogP contribution in [-0.4, -0.2) is 54.0 Å². The third-order valence-corrected chi connectivity index (χ3v) is 5.75. The summed E-state index contributed by atoms with van der Waals surface area (Å²) in [6, 6.07) is 8.96. The summed E-state index contributed by atoms with van der Waals surface area (Å²) in [6.45, 7) is 1.34. The van der Waals surface area contributed by atoms with Gasteiger partial charge in [-0.25, -0.2) is 8.42 Å². The van der Waals surface area contributed by atoms with Gasteiger partial charge in [0.05, 0.1) is 4.92 Å². The lowest BCUT2D eigenvalue weighted by molar-refractivity contribution is -0.387. The smallest absolute Gasteiger partial charge is 0.289 e. The van der Waals surface area contributed by atoms with Crippen LogP contribution in [0.1, 0.15) is 0 Å². The van der Waals surface area contributed by atoms with E-state index >= 15 is 0 Å². The van der Waals surface area contributed by atoms with Crippen LogP contribution in [0.15, 0.2) is 47.5 Å². The summed E-state index contributed by atoms with van der Waals surface area (Å²) in [7, 11) is -3.91. The number of nitro benzene ring substituents is 1. The van der Waals surface area contributed by atoms with Crippen molar-refractivity contribution in [3.05, 3.63) is 52.7 Å². The third-order valence-electron chi connectivity index (χ3n) is 3.80. The Kier molecular flexibility index (Phi) is 4.40. The molecule has 10 heteroatoms. The van der Waals surface area contributed by atoms with Gasteiger partial charge in [0.2, 0.25) is 10.0 Å². The first kappa shape index (κ1) is 16.3. The van der Waals surface area contributed by atoms with Gasteiger partial charge in [0.15, 0.2) is 10.7 Å². The Hall–Kier alpha value is -2.59. The number of nitro groups is 1. The molecule has 0 unspecified atom stereocenters. The first-order valence-electron chi connectivity index (χ1n) is 7.26. The van der Waals surface area contributed by atoms with Crippen molar-refractivity contribution in [2.24, 2.45) is 0 Å². The number of benzene rings is 1. The number of piperazine rings is 1. The van der Waals surface area contributed by atoms with Crippen molar-refractivity contribution < 1.29 is 13.3 Å². The molecule has 0 radical (unpaired) electrons. The highest BCUT2D eigenvalue weighted by Gasteiger charge is 2.33. The van der Waals surface area contributed by atoms with Gasteiger partial charge in [0.25, 0.3) is 5.69 Å². The van der Waals surface area contributed by atoms with Crippen molar-refractivity contribution in [1.29, 1.82) is 0 Å². The van der Waals surface area contributed by atoms with Gasteiger partial charge in [-0.15, -0.1) is 5.10 Å². The summed E-state index contributed by atoms with van der Waals surface area (Å²) in [5.41, 5.74) is -0.408. The van der Waals surface area contributed by atoms with Crippen LogP contribution in [-0.2, 0) is 10.0 Å². The Morgan fingerprint density at radius 2 is 1.75 bits per heavy atom. The third kappa shape index (κ3) is 3.05. The number of hydrogen-bond acceptors (Lipinski definition) is 7. The monoisotopic (exact) mass is 349 g/mol. The minimum absolute atomic E-state index is 0.227. The van der Waals surface area contributed by atoms with E-state index in [-0.39, 0.29) is 18.0 Å². The highest BCUT2D eigenvalue weighted by atomic mass is 32.2. The largest absolute Gasteiger partial charge is 0.352 e. The Morgan fingerprint density at radius 3 is 2.38 bits per heavy atom. The first-order valence-corrected chi connectivity index (χ1v) is 8.70. The number of para-hydroxylation sites is 1.